The fourth-order valence-electron chi connectivity index (χ4n) is 9.45. The lowest BCUT2D eigenvalue weighted by molar-refractivity contribution is 0.620. The number of oxazole rings is 1. The van der Waals surface area contributed by atoms with Gasteiger partial charge in [0, 0.05) is 22.0 Å². The topological polar surface area (TPSA) is 31.0 Å². The van der Waals surface area contributed by atoms with Gasteiger partial charge in [-0.2, -0.15) is 0 Å². The zero-order valence-corrected chi connectivity index (χ0v) is 28.6. The van der Waals surface area contributed by atoms with Gasteiger partial charge in [-0.15, -0.1) is 0 Å². The van der Waals surface area contributed by atoms with Crippen molar-refractivity contribution in [1.29, 1.82) is 0 Å². The first kappa shape index (κ1) is 28.7. The van der Waals surface area contributed by atoms with Gasteiger partial charge in [-0.3, -0.25) is 0 Å². The van der Waals surface area contributed by atoms with Crippen molar-refractivity contribution in [2.24, 2.45) is 0 Å². The van der Waals surface area contributed by atoms with Crippen LogP contribution >= 0.6 is 0 Å². The van der Waals surface area contributed by atoms with Crippen molar-refractivity contribution in [3.63, 3.8) is 0 Å². The van der Waals surface area contributed by atoms with Crippen LogP contribution in [0, 0.1) is 0 Å². The van der Waals surface area contributed by atoms with Crippen LogP contribution < -0.4 is 0 Å². The highest BCUT2D eigenvalue weighted by Gasteiger charge is 2.51. The molecule has 12 rings (SSSR count). The first-order valence-electron chi connectivity index (χ1n) is 18.2. The average molecular weight is 675 g/mol. The molecular weight excluding hydrogens is 645 g/mol. The Morgan fingerprint density at radius 1 is 0.415 bits per heavy atom. The van der Waals surface area contributed by atoms with Crippen LogP contribution in [0.4, 0.5) is 0 Å². The Bertz CT molecular complexity index is 3030. The predicted octanol–water partition coefficient (Wildman–Crippen LogP) is 12.6. The van der Waals surface area contributed by atoms with Gasteiger partial charge in [-0.05, 0) is 116 Å². The number of aromatic nitrogens is 2. The highest BCUT2D eigenvalue weighted by molar-refractivity contribution is 6.10. The molecule has 0 radical (unpaired) electrons. The minimum absolute atomic E-state index is 0.362. The Hall–Kier alpha value is -6.97. The molecule has 0 bridgehead atoms. The van der Waals surface area contributed by atoms with E-state index in [1.165, 1.54) is 77.4 Å². The van der Waals surface area contributed by atoms with Crippen LogP contribution in [0.5, 0.6) is 0 Å². The first-order valence-corrected chi connectivity index (χ1v) is 18.2. The zero-order valence-electron chi connectivity index (χ0n) is 28.6. The molecule has 0 saturated carbocycles. The van der Waals surface area contributed by atoms with Crippen molar-refractivity contribution in [3.05, 3.63) is 204 Å². The lowest BCUT2D eigenvalue weighted by Crippen LogP contribution is -2.25. The zero-order chi connectivity index (χ0) is 34.7. The summed E-state index contributed by atoms with van der Waals surface area (Å²) in [6.07, 6.45) is 0. The largest absolute Gasteiger partial charge is 0.436 e. The van der Waals surface area contributed by atoms with Crippen molar-refractivity contribution < 1.29 is 4.42 Å². The summed E-state index contributed by atoms with van der Waals surface area (Å²) in [5.74, 6) is 0.633. The molecular formula is C50H30N2O. The van der Waals surface area contributed by atoms with Gasteiger partial charge < -0.3 is 8.98 Å². The summed E-state index contributed by atoms with van der Waals surface area (Å²) in [7, 11) is 0. The van der Waals surface area contributed by atoms with E-state index in [4.69, 9.17) is 9.40 Å². The Morgan fingerprint density at radius 2 is 0.962 bits per heavy atom. The molecule has 0 unspecified atom stereocenters. The second kappa shape index (κ2) is 10.5. The van der Waals surface area contributed by atoms with Gasteiger partial charge in [0.25, 0.3) is 0 Å². The number of rotatable bonds is 3. The molecule has 2 aliphatic rings. The van der Waals surface area contributed by atoms with E-state index >= 15 is 0 Å². The Morgan fingerprint density at radius 3 is 1.68 bits per heavy atom. The van der Waals surface area contributed by atoms with Crippen LogP contribution in [-0.4, -0.2) is 9.55 Å². The van der Waals surface area contributed by atoms with Crippen LogP contribution in [0.3, 0.4) is 0 Å². The minimum atomic E-state index is -0.362. The maximum Gasteiger partial charge on any atom is 0.227 e. The molecule has 1 spiro atoms. The molecule has 10 aromatic rings. The van der Waals surface area contributed by atoms with Gasteiger partial charge in [-0.25, -0.2) is 4.98 Å². The Balaban J connectivity index is 1.02. The van der Waals surface area contributed by atoms with E-state index in [2.05, 4.69) is 162 Å². The molecule has 0 atom stereocenters. The minimum Gasteiger partial charge on any atom is -0.436 e. The maximum atomic E-state index is 6.07. The maximum absolute atomic E-state index is 6.07. The second-order valence-electron chi connectivity index (χ2n) is 14.3. The van der Waals surface area contributed by atoms with E-state index < -0.39 is 0 Å². The summed E-state index contributed by atoms with van der Waals surface area (Å²) in [5.41, 5.74) is 18.9. The fourth-order valence-corrected chi connectivity index (χ4v) is 9.45. The summed E-state index contributed by atoms with van der Waals surface area (Å²) in [4.78, 5) is 4.72. The number of hydrogen-bond acceptors (Lipinski definition) is 2. The van der Waals surface area contributed by atoms with Crippen molar-refractivity contribution in [2.75, 3.05) is 0 Å². The third-order valence-electron chi connectivity index (χ3n) is 11.7. The summed E-state index contributed by atoms with van der Waals surface area (Å²) < 4.78 is 8.44. The normalized spacial score (nSPS) is 13.4. The van der Waals surface area contributed by atoms with Crippen LogP contribution in [-0.2, 0) is 5.41 Å². The van der Waals surface area contributed by atoms with Gasteiger partial charge in [0.05, 0.1) is 16.4 Å². The molecule has 246 valence electrons. The molecule has 2 aromatic heterocycles. The monoisotopic (exact) mass is 674 g/mol. The number of fused-ring (bicyclic) bond motifs is 14. The molecule has 8 aromatic carbocycles. The molecule has 2 aliphatic carbocycles. The third kappa shape index (κ3) is 3.80. The van der Waals surface area contributed by atoms with Crippen LogP contribution in [0.2, 0.25) is 0 Å². The van der Waals surface area contributed by atoms with Crippen LogP contribution in [0.1, 0.15) is 22.3 Å². The lowest BCUT2D eigenvalue weighted by Gasteiger charge is -2.30. The van der Waals surface area contributed by atoms with E-state index in [9.17, 15) is 0 Å². The first-order chi connectivity index (χ1) is 26.3. The van der Waals surface area contributed by atoms with Gasteiger partial charge in [0.15, 0.2) is 5.58 Å². The molecule has 3 heteroatoms. The predicted molar refractivity (Wildman–Crippen MR) is 216 cm³/mol. The molecule has 0 saturated heterocycles. The summed E-state index contributed by atoms with van der Waals surface area (Å²) >= 11 is 0. The molecule has 0 amide bonds. The van der Waals surface area contributed by atoms with Gasteiger partial charge >= 0.3 is 0 Å². The molecule has 0 N–H and O–H groups in total. The number of nitrogens with zero attached hydrogens (tertiary/aromatic N) is 2. The van der Waals surface area contributed by atoms with Crippen LogP contribution in [0.25, 0.3) is 83.4 Å². The smallest absolute Gasteiger partial charge is 0.227 e. The number of hydrogen-bond donors (Lipinski definition) is 0. The third-order valence-corrected chi connectivity index (χ3v) is 11.7. The SMILES string of the molecule is c1ccc2c(c1)-c1ccccc1C21c2ccccc2-c2ccc(-c3ccc4c(c3)c3ccccc3n4-c3ccc(-c4nc5ccccc5o4)cc3)cc21. The van der Waals surface area contributed by atoms with Crippen molar-refractivity contribution in [3.8, 4) is 50.5 Å². The van der Waals surface area contributed by atoms with E-state index in [1.54, 1.807) is 0 Å². The summed E-state index contributed by atoms with van der Waals surface area (Å²) in [5, 5.41) is 2.47. The molecule has 0 aliphatic heterocycles. The molecule has 3 nitrogen and oxygen atoms in total. The van der Waals surface area contributed by atoms with E-state index in [0.29, 0.717) is 5.89 Å². The van der Waals surface area contributed by atoms with Gasteiger partial charge in [0.2, 0.25) is 5.89 Å². The van der Waals surface area contributed by atoms with E-state index in [0.717, 1.165) is 22.4 Å². The molecule has 0 fully saturated rings. The summed E-state index contributed by atoms with van der Waals surface area (Å²) in [6.45, 7) is 0. The van der Waals surface area contributed by atoms with Gasteiger partial charge in [-0.1, -0.05) is 121 Å². The highest BCUT2D eigenvalue weighted by atomic mass is 16.3. The lowest BCUT2D eigenvalue weighted by atomic mass is 9.70. The highest BCUT2D eigenvalue weighted by Crippen LogP contribution is 2.63. The average Bonchev–Trinajstić information content (AvgIpc) is 3.96. The summed E-state index contributed by atoms with van der Waals surface area (Å²) in [6, 6.07) is 66.3. The van der Waals surface area contributed by atoms with Crippen molar-refractivity contribution in [1.82, 2.24) is 9.55 Å². The van der Waals surface area contributed by atoms with E-state index in [-0.39, 0.29) is 5.41 Å². The van der Waals surface area contributed by atoms with E-state index in [1.807, 2.05) is 24.3 Å². The molecule has 53 heavy (non-hydrogen) atoms. The number of benzene rings is 8. The Labute approximate surface area is 306 Å². The standard InChI is InChI=1S/C50H30N2O/c1-5-15-41-35(11-1)36-12-2-6-16-42(36)50(41)43-17-7-3-13-37(43)38-27-23-33(30-44(38)50)32-24-28-47-40(29-32)39-14-4-9-19-46(39)52(47)34-25-21-31(22-26-34)49-51-45-18-8-10-20-48(45)53-49/h1-30H. The second-order valence-corrected chi connectivity index (χ2v) is 14.3. The van der Waals surface area contributed by atoms with Gasteiger partial charge in [0.1, 0.15) is 5.52 Å². The quantitative estimate of drug-likeness (QED) is 0.187. The van der Waals surface area contributed by atoms with Crippen LogP contribution in [0.15, 0.2) is 186 Å². The van der Waals surface area contributed by atoms with Crippen molar-refractivity contribution in [2.45, 2.75) is 5.41 Å². The Kier molecular flexibility index (Phi) is 5.70. The molecule has 2 heterocycles. The number of para-hydroxylation sites is 3. The van der Waals surface area contributed by atoms with Crippen molar-refractivity contribution >= 4 is 32.9 Å². The fraction of sp³-hybridized carbons (Fsp3) is 0.0200.